The number of alkyl halides is 2. The van der Waals surface area contributed by atoms with Crippen molar-refractivity contribution in [3.63, 3.8) is 0 Å². The van der Waals surface area contributed by atoms with Crippen LogP contribution in [0, 0.1) is 18.2 Å². The number of H-pyrrole nitrogens is 2. The van der Waals surface area contributed by atoms with Gasteiger partial charge in [0.25, 0.3) is 0 Å². The number of benzene rings is 1. The zero-order valence-electron chi connectivity index (χ0n) is 12.5. The van der Waals surface area contributed by atoms with Crippen LogP contribution in [0.3, 0.4) is 0 Å². The van der Waals surface area contributed by atoms with Crippen LogP contribution in [0.1, 0.15) is 0 Å². The van der Waals surface area contributed by atoms with E-state index in [1.807, 2.05) is 5.92 Å². The Bertz CT molecular complexity index is 1110. The molecular weight excluding hydrogens is 361 g/mol. The van der Waals surface area contributed by atoms with Crippen LogP contribution in [0.2, 0.25) is 0 Å². The second kappa shape index (κ2) is 5.66. The Labute approximate surface area is 140 Å². The highest BCUT2D eigenvalue weighted by Gasteiger charge is 2.50. The summed E-state index contributed by atoms with van der Waals surface area (Å²) in [6.07, 6.45) is 0.784. The number of hydrogen-bond acceptors (Lipinski definition) is 5. The van der Waals surface area contributed by atoms with E-state index in [1.165, 1.54) is 0 Å². The number of nitrogens with zero attached hydrogens (tertiary/aromatic N) is 2. The summed E-state index contributed by atoms with van der Waals surface area (Å²) in [5, 5.41) is 0. The number of anilines is 1. The molecule has 1 aliphatic rings. The van der Waals surface area contributed by atoms with Crippen molar-refractivity contribution in [2.45, 2.75) is 6.11 Å². The number of terminal acetylenes is 1. The minimum Gasteiger partial charge on any atom is -0.423 e. The number of ether oxygens (including phenoxy) is 1. The molecule has 0 fully saturated rings. The molecule has 134 valence electrons. The second-order valence-electron chi connectivity index (χ2n) is 5.01. The van der Waals surface area contributed by atoms with Crippen molar-refractivity contribution in [1.82, 2.24) is 14.5 Å². The van der Waals surface area contributed by atoms with Crippen molar-refractivity contribution in [2.75, 3.05) is 11.4 Å². The first kappa shape index (κ1) is 17.1. The van der Waals surface area contributed by atoms with Gasteiger partial charge in [0.1, 0.15) is 0 Å². The first-order valence-electron chi connectivity index (χ1n) is 6.77. The summed E-state index contributed by atoms with van der Waals surface area (Å²) >= 11 is 0. The molecule has 0 spiro atoms. The van der Waals surface area contributed by atoms with Crippen molar-refractivity contribution in [3.8, 4) is 23.8 Å². The molecule has 12 heteroatoms. The summed E-state index contributed by atoms with van der Waals surface area (Å²) in [7, 11) is 0. The van der Waals surface area contributed by atoms with Gasteiger partial charge in [0.05, 0.1) is 17.9 Å². The first-order valence-corrected chi connectivity index (χ1v) is 6.77. The highest BCUT2D eigenvalue weighted by molar-refractivity contribution is 6.01. The molecule has 0 radical (unpaired) electrons. The van der Waals surface area contributed by atoms with Gasteiger partial charge in [0.2, 0.25) is 0 Å². The molecule has 2 N–H and O–H groups in total. The molecule has 3 rings (SSSR count). The van der Waals surface area contributed by atoms with Gasteiger partial charge in [-0.3, -0.25) is 19.7 Å². The lowest BCUT2D eigenvalue weighted by Gasteiger charge is -2.32. The smallest absolute Gasteiger partial charge is 0.423 e. The summed E-state index contributed by atoms with van der Waals surface area (Å²) in [6.45, 7) is -0.604. The summed E-state index contributed by atoms with van der Waals surface area (Å²) in [5.41, 5.74) is -4.78. The fourth-order valence-corrected chi connectivity index (χ4v) is 2.34. The Balaban J connectivity index is 2.30. The molecule has 9 nitrogen and oxygen atoms in total. The van der Waals surface area contributed by atoms with E-state index >= 15 is 0 Å². The maximum Gasteiger partial charge on any atom is 0.483 e. The van der Waals surface area contributed by atoms with Crippen molar-refractivity contribution in [3.05, 3.63) is 49.4 Å². The Kier molecular flexibility index (Phi) is 3.72. The number of carbonyl (C=O) groups excluding carboxylic acids is 1. The van der Waals surface area contributed by atoms with Crippen molar-refractivity contribution < 1.29 is 22.7 Å². The van der Waals surface area contributed by atoms with Gasteiger partial charge in [0, 0.05) is 6.07 Å². The Morgan fingerprint density at radius 3 is 2.31 bits per heavy atom. The zero-order chi connectivity index (χ0) is 19.2. The second-order valence-corrected chi connectivity index (χ2v) is 5.01. The lowest BCUT2D eigenvalue weighted by atomic mass is 10.2. The van der Waals surface area contributed by atoms with E-state index in [2.05, 4.69) is 4.74 Å². The molecule has 0 aliphatic carbocycles. The number of nitrogens with one attached hydrogen (secondary N) is 2. The number of carbonyl (C=O) groups is 1. The number of rotatable bonds is 2. The van der Waals surface area contributed by atoms with Gasteiger partial charge in [0.15, 0.2) is 11.6 Å². The standard InChI is InChI=1S/C14H7F3N4O5/c1-2-3-20-8-5-7(21-12(24)18-11(23)19-13(21)25)6(15)4-9(8)26-14(16,17)10(20)22/h1,4-5H,3H2,(H2,18,19,23,24,25). The van der Waals surface area contributed by atoms with Gasteiger partial charge in [-0.05, 0) is 6.07 Å². The third-order valence-electron chi connectivity index (χ3n) is 3.39. The number of halogens is 3. The van der Waals surface area contributed by atoms with Crippen LogP contribution >= 0.6 is 0 Å². The van der Waals surface area contributed by atoms with E-state index in [4.69, 9.17) is 6.42 Å². The van der Waals surface area contributed by atoms with Gasteiger partial charge < -0.3 is 4.74 Å². The summed E-state index contributed by atoms with van der Waals surface area (Å²) in [6, 6.07) is 1.22. The molecule has 2 heterocycles. The van der Waals surface area contributed by atoms with Crippen LogP contribution in [-0.2, 0) is 4.79 Å². The van der Waals surface area contributed by atoms with Gasteiger partial charge >= 0.3 is 29.1 Å². The largest absolute Gasteiger partial charge is 0.483 e. The van der Waals surface area contributed by atoms with E-state index in [0.717, 1.165) is 6.07 Å². The Morgan fingerprint density at radius 2 is 1.73 bits per heavy atom. The minimum absolute atomic E-state index is 0.211. The lowest BCUT2D eigenvalue weighted by Crippen LogP contribution is -2.51. The molecular formula is C14H7F3N4O5. The fraction of sp³-hybridized carbons (Fsp3) is 0.143. The minimum atomic E-state index is -4.27. The van der Waals surface area contributed by atoms with Gasteiger partial charge in [-0.1, -0.05) is 5.92 Å². The Morgan fingerprint density at radius 1 is 1.12 bits per heavy atom. The van der Waals surface area contributed by atoms with Gasteiger partial charge in [-0.15, -0.1) is 6.42 Å². The summed E-state index contributed by atoms with van der Waals surface area (Å²) in [5.74, 6) is -1.83. The predicted molar refractivity (Wildman–Crippen MR) is 80.0 cm³/mol. The number of aromatic nitrogens is 3. The van der Waals surface area contributed by atoms with Crippen LogP contribution < -0.4 is 26.7 Å². The molecule has 0 bridgehead atoms. The molecule has 0 unspecified atom stereocenters. The highest BCUT2D eigenvalue weighted by Crippen LogP contribution is 2.41. The molecule has 1 aliphatic heterocycles. The predicted octanol–water partition coefficient (Wildman–Crippen LogP) is -0.695. The maximum atomic E-state index is 14.3. The molecule has 0 saturated heterocycles. The van der Waals surface area contributed by atoms with E-state index < -0.39 is 52.9 Å². The van der Waals surface area contributed by atoms with E-state index in [0.29, 0.717) is 11.0 Å². The van der Waals surface area contributed by atoms with E-state index in [1.54, 1.807) is 9.97 Å². The lowest BCUT2D eigenvalue weighted by molar-refractivity contribution is -0.192. The third kappa shape index (κ3) is 2.55. The Hall–Kier alpha value is -3.75. The molecule has 0 saturated carbocycles. The normalized spacial score (nSPS) is 15.2. The molecule has 26 heavy (non-hydrogen) atoms. The summed E-state index contributed by atoms with van der Waals surface area (Å²) in [4.78, 5) is 50.3. The fourth-order valence-electron chi connectivity index (χ4n) is 2.34. The molecule has 0 atom stereocenters. The highest BCUT2D eigenvalue weighted by atomic mass is 19.3. The molecule has 1 aromatic heterocycles. The topological polar surface area (TPSA) is 117 Å². The maximum absolute atomic E-state index is 14.3. The molecule has 2 aromatic rings. The quantitative estimate of drug-likeness (QED) is 0.680. The number of aromatic amines is 2. The van der Waals surface area contributed by atoms with E-state index in [9.17, 15) is 32.3 Å². The third-order valence-corrected chi connectivity index (χ3v) is 3.39. The average molecular weight is 368 g/mol. The van der Waals surface area contributed by atoms with Crippen molar-refractivity contribution in [1.29, 1.82) is 0 Å². The average Bonchev–Trinajstić information content (AvgIpc) is 2.52. The zero-order valence-corrected chi connectivity index (χ0v) is 12.5. The number of amides is 1. The van der Waals surface area contributed by atoms with Crippen LogP contribution in [0.15, 0.2) is 26.5 Å². The van der Waals surface area contributed by atoms with Gasteiger partial charge in [-0.25, -0.2) is 23.3 Å². The van der Waals surface area contributed by atoms with Crippen LogP contribution in [0.5, 0.6) is 5.75 Å². The van der Waals surface area contributed by atoms with Crippen molar-refractivity contribution >= 4 is 11.6 Å². The monoisotopic (exact) mass is 368 g/mol. The SMILES string of the molecule is C#CCN1C(=O)C(F)(F)Oc2cc(F)c(-n3c(=O)[nH]c(=O)[nH]c3=O)cc21. The number of fused-ring (bicyclic) bond motifs is 1. The molecule has 1 aromatic carbocycles. The van der Waals surface area contributed by atoms with Crippen LogP contribution in [0.4, 0.5) is 18.9 Å². The van der Waals surface area contributed by atoms with Gasteiger partial charge in [-0.2, -0.15) is 8.78 Å². The molecule has 1 amide bonds. The van der Waals surface area contributed by atoms with E-state index in [-0.39, 0.29) is 10.3 Å². The van der Waals surface area contributed by atoms with Crippen molar-refractivity contribution in [2.24, 2.45) is 0 Å². The summed E-state index contributed by atoms with van der Waals surface area (Å²) < 4.78 is 46.0. The first-order chi connectivity index (χ1) is 12.2. The number of hydrogen-bond donors (Lipinski definition) is 2. The van der Waals surface area contributed by atoms with Crippen LogP contribution in [-0.4, -0.2) is 33.1 Å². The van der Waals surface area contributed by atoms with Crippen LogP contribution in [0.25, 0.3) is 5.69 Å².